The van der Waals surface area contributed by atoms with Gasteiger partial charge in [-0.25, -0.2) is 0 Å². The number of ether oxygens (including phenoxy) is 1. The van der Waals surface area contributed by atoms with Gasteiger partial charge in [-0.3, -0.25) is 9.78 Å². The third kappa shape index (κ3) is 5.49. The fraction of sp³-hybridized carbons (Fsp3) is 0.538. The van der Waals surface area contributed by atoms with Gasteiger partial charge < -0.3 is 10.1 Å². The van der Waals surface area contributed by atoms with E-state index in [1.54, 1.807) is 25.4 Å². The molecule has 1 atom stereocenters. The van der Waals surface area contributed by atoms with Gasteiger partial charge in [0.05, 0.1) is 6.20 Å². The predicted molar refractivity (Wildman–Crippen MR) is 74.5 cm³/mol. The molecular weight excluding hydrogens is 296 g/mol. The first kappa shape index (κ1) is 15.0. The van der Waals surface area contributed by atoms with Crippen molar-refractivity contribution in [1.82, 2.24) is 10.3 Å². The maximum Gasteiger partial charge on any atom is 0.260 e. The summed E-state index contributed by atoms with van der Waals surface area (Å²) in [6.45, 7) is 6.66. The maximum atomic E-state index is 11.7. The molecular formula is C13H19BrN2O2. The molecule has 1 aromatic heterocycles. The van der Waals surface area contributed by atoms with E-state index in [-0.39, 0.29) is 5.91 Å². The number of rotatable bonds is 6. The smallest absolute Gasteiger partial charge is 0.260 e. The molecule has 1 rings (SSSR count). The van der Waals surface area contributed by atoms with Gasteiger partial charge in [0.1, 0.15) is 5.75 Å². The van der Waals surface area contributed by atoms with Gasteiger partial charge in [0.25, 0.3) is 5.91 Å². The summed E-state index contributed by atoms with van der Waals surface area (Å²) in [6, 6.07) is 1.78. The zero-order chi connectivity index (χ0) is 13.5. The van der Waals surface area contributed by atoms with Crippen molar-refractivity contribution in [3.63, 3.8) is 0 Å². The molecule has 18 heavy (non-hydrogen) atoms. The van der Waals surface area contributed by atoms with Gasteiger partial charge in [-0.15, -0.1) is 0 Å². The Balaban J connectivity index is 2.40. The van der Waals surface area contributed by atoms with Crippen LogP contribution in [0, 0.1) is 5.92 Å². The largest absolute Gasteiger partial charge is 0.479 e. The molecule has 0 aliphatic rings. The van der Waals surface area contributed by atoms with Gasteiger partial charge >= 0.3 is 0 Å². The second-order valence-corrected chi connectivity index (χ2v) is 5.49. The molecule has 0 saturated heterocycles. The lowest BCUT2D eigenvalue weighted by atomic mass is 10.1. The van der Waals surface area contributed by atoms with E-state index < -0.39 is 6.10 Å². The molecule has 0 aliphatic carbocycles. The molecule has 0 fully saturated rings. The van der Waals surface area contributed by atoms with Crippen LogP contribution in [0.25, 0.3) is 0 Å². The Labute approximate surface area is 116 Å². The Bertz CT molecular complexity index is 396. The van der Waals surface area contributed by atoms with Gasteiger partial charge in [0.2, 0.25) is 0 Å². The highest BCUT2D eigenvalue weighted by Crippen LogP contribution is 2.17. The summed E-state index contributed by atoms with van der Waals surface area (Å²) in [4.78, 5) is 15.7. The Kier molecular flexibility index (Phi) is 6.12. The molecule has 0 saturated carbocycles. The minimum atomic E-state index is -0.520. The average Bonchev–Trinajstić information content (AvgIpc) is 2.28. The summed E-state index contributed by atoms with van der Waals surface area (Å²) in [7, 11) is 0. The van der Waals surface area contributed by atoms with Crippen LogP contribution in [0.15, 0.2) is 22.9 Å². The SMILES string of the molecule is CC(C)CCNC(=O)C(C)Oc1cncc(Br)c1. The fourth-order valence-electron chi connectivity index (χ4n) is 1.34. The van der Waals surface area contributed by atoms with Gasteiger partial charge in [-0.2, -0.15) is 0 Å². The summed E-state index contributed by atoms with van der Waals surface area (Å²) >= 11 is 3.30. The lowest BCUT2D eigenvalue weighted by Gasteiger charge is -2.15. The first-order valence-corrected chi connectivity index (χ1v) is 6.83. The van der Waals surface area contributed by atoms with Gasteiger partial charge in [-0.05, 0) is 41.3 Å². The standard InChI is InChI=1S/C13H19BrN2O2/c1-9(2)4-5-16-13(17)10(3)18-12-6-11(14)7-15-8-12/h6-10H,4-5H2,1-3H3,(H,16,17). The first-order valence-electron chi connectivity index (χ1n) is 6.04. The fourth-order valence-corrected chi connectivity index (χ4v) is 1.69. The molecule has 1 heterocycles. The normalized spacial score (nSPS) is 12.3. The number of carbonyl (C=O) groups excluding carboxylic acids is 1. The van der Waals surface area contributed by atoms with Crippen molar-refractivity contribution >= 4 is 21.8 Å². The summed E-state index contributed by atoms with van der Waals surface area (Å²) in [5.74, 6) is 1.06. The van der Waals surface area contributed by atoms with Crippen molar-refractivity contribution in [2.24, 2.45) is 5.92 Å². The monoisotopic (exact) mass is 314 g/mol. The maximum absolute atomic E-state index is 11.7. The van der Waals surface area contributed by atoms with Crippen LogP contribution in [0.1, 0.15) is 27.2 Å². The van der Waals surface area contributed by atoms with Crippen molar-refractivity contribution in [3.05, 3.63) is 22.9 Å². The van der Waals surface area contributed by atoms with Crippen LogP contribution in [-0.2, 0) is 4.79 Å². The van der Waals surface area contributed by atoms with E-state index in [1.165, 1.54) is 0 Å². The molecule has 0 bridgehead atoms. The zero-order valence-corrected chi connectivity index (χ0v) is 12.5. The minimum absolute atomic E-state index is 0.101. The van der Waals surface area contributed by atoms with Crippen LogP contribution in [0.2, 0.25) is 0 Å². The molecule has 100 valence electrons. The van der Waals surface area contributed by atoms with E-state index >= 15 is 0 Å². The quantitative estimate of drug-likeness (QED) is 0.878. The molecule has 1 amide bonds. The van der Waals surface area contributed by atoms with Crippen molar-refractivity contribution < 1.29 is 9.53 Å². The van der Waals surface area contributed by atoms with Gasteiger partial charge in [0.15, 0.2) is 6.10 Å². The van der Waals surface area contributed by atoms with Crippen LogP contribution in [0.5, 0.6) is 5.75 Å². The number of pyridine rings is 1. The van der Waals surface area contributed by atoms with E-state index in [9.17, 15) is 4.79 Å². The molecule has 1 unspecified atom stereocenters. The molecule has 5 heteroatoms. The summed E-state index contributed by atoms with van der Waals surface area (Å²) in [5.41, 5.74) is 0. The second-order valence-electron chi connectivity index (χ2n) is 4.57. The highest BCUT2D eigenvalue weighted by atomic mass is 79.9. The third-order valence-electron chi connectivity index (χ3n) is 2.38. The highest BCUT2D eigenvalue weighted by molar-refractivity contribution is 9.10. The molecule has 0 aliphatic heterocycles. The van der Waals surface area contributed by atoms with Crippen LogP contribution in [-0.4, -0.2) is 23.5 Å². The zero-order valence-electron chi connectivity index (χ0n) is 10.9. The van der Waals surface area contributed by atoms with Crippen LogP contribution >= 0.6 is 15.9 Å². The van der Waals surface area contributed by atoms with Crippen molar-refractivity contribution in [3.8, 4) is 5.75 Å². The third-order valence-corrected chi connectivity index (χ3v) is 2.82. The van der Waals surface area contributed by atoms with E-state index in [0.29, 0.717) is 18.2 Å². The number of hydrogen-bond acceptors (Lipinski definition) is 3. The molecule has 0 radical (unpaired) electrons. The molecule has 1 N–H and O–H groups in total. The number of hydrogen-bond donors (Lipinski definition) is 1. The Morgan fingerprint density at radius 2 is 2.17 bits per heavy atom. The molecule has 0 spiro atoms. The first-order chi connectivity index (χ1) is 8.49. The molecule has 1 aromatic rings. The Hall–Kier alpha value is -1.10. The van der Waals surface area contributed by atoms with Crippen LogP contribution in [0.4, 0.5) is 0 Å². The van der Waals surface area contributed by atoms with Crippen molar-refractivity contribution in [2.75, 3.05) is 6.54 Å². The Morgan fingerprint density at radius 1 is 1.44 bits per heavy atom. The number of nitrogens with one attached hydrogen (secondary N) is 1. The van der Waals surface area contributed by atoms with Gasteiger partial charge in [-0.1, -0.05) is 13.8 Å². The number of halogens is 1. The topological polar surface area (TPSA) is 51.2 Å². The van der Waals surface area contributed by atoms with E-state index in [4.69, 9.17) is 4.74 Å². The number of carbonyl (C=O) groups is 1. The molecule has 4 nitrogen and oxygen atoms in total. The Morgan fingerprint density at radius 3 is 2.78 bits per heavy atom. The predicted octanol–water partition coefficient (Wildman–Crippen LogP) is 2.77. The van der Waals surface area contributed by atoms with Crippen molar-refractivity contribution in [2.45, 2.75) is 33.3 Å². The lowest BCUT2D eigenvalue weighted by Crippen LogP contribution is -2.37. The van der Waals surface area contributed by atoms with Crippen LogP contribution in [0.3, 0.4) is 0 Å². The van der Waals surface area contributed by atoms with E-state index in [1.807, 2.05) is 0 Å². The van der Waals surface area contributed by atoms with Crippen molar-refractivity contribution in [1.29, 1.82) is 0 Å². The minimum Gasteiger partial charge on any atom is -0.479 e. The average molecular weight is 315 g/mol. The van der Waals surface area contributed by atoms with Crippen LogP contribution < -0.4 is 10.1 Å². The summed E-state index contributed by atoms with van der Waals surface area (Å²) < 4.78 is 6.34. The lowest BCUT2D eigenvalue weighted by molar-refractivity contribution is -0.127. The number of aromatic nitrogens is 1. The number of nitrogens with zero attached hydrogens (tertiary/aromatic N) is 1. The van der Waals surface area contributed by atoms with E-state index in [2.05, 4.69) is 40.1 Å². The molecule has 0 aromatic carbocycles. The van der Waals surface area contributed by atoms with Gasteiger partial charge in [0, 0.05) is 17.2 Å². The second kappa shape index (κ2) is 7.36. The summed E-state index contributed by atoms with van der Waals surface area (Å²) in [6.07, 6.45) is 3.70. The van der Waals surface area contributed by atoms with E-state index in [0.717, 1.165) is 10.9 Å². The summed E-state index contributed by atoms with van der Waals surface area (Å²) in [5, 5.41) is 2.85. The number of amides is 1. The highest BCUT2D eigenvalue weighted by Gasteiger charge is 2.14.